The van der Waals surface area contributed by atoms with Crippen LogP contribution >= 0.6 is 0 Å². The van der Waals surface area contributed by atoms with Gasteiger partial charge in [0.25, 0.3) is 0 Å². The zero-order valence-corrected chi connectivity index (χ0v) is 20.3. The largest absolute Gasteiger partial charge is 0.497 e. The maximum atomic E-state index is 10.2. The highest BCUT2D eigenvalue weighted by atomic mass is 16.6. The van der Waals surface area contributed by atoms with Gasteiger partial charge in [0.1, 0.15) is 11.9 Å². The van der Waals surface area contributed by atoms with Crippen LogP contribution in [0.1, 0.15) is 38.3 Å². The van der Waals surface area contributed by atoms with Gasteiger partial charge in [0.2, 0.25) is 0 Å². The summed E-state index contributed by atoms with van der Waals surface area (Å²) in [5.74, 6) is 1.21. The fourth-order valence-electron chi connectivity index (χ4n) is 4.41. The van der Waals surface area contributed by atoms with E-state index in [4.69, 9.17) is 18.9 Å². The first kappa shape index (κ1) is 25.4. The van der Waals surface area contributed by atoms with Gasteiger partial charge in [-0.1, -0.05) is 68.0 Å². The summed E-state index contributed by atoms with van der Waals surface area (Å²) in [7, 11) is 1.66. The lowest BCUT2D eigenvalue weighted by atomic mass is 9.89. The molecule has 3 rings (SSSR count). The number of aliphatic hydroxyl groups is 1. The van der Waals surface area contributed by atoms with Gasteiger partial charge in [-0.15, -0.1) is 0 Å². The molecule has 5 atom stereocenters. The Kier molecular flexibility index (Phi) is 9.95. The number of rotatable bonds is 10. The topological polar surface area (TPSA) is 57.2 Å². The molecule has 2 aromatic rings. The number of methoxy groups -OCH3 is 1. The minimum absolute atomic E-state index is 0.0692. The highest BCUT2D eigenvalue weighted by Crippen LogP contribution is 2.29. The van der Waals surface area contributed by atoms with Crippen LogP contribution in [-0.4, -0.2) is 43.7 Å². The van der Waals surface area contributed by atoms with E-state index in [-0.39, 0.29) is 30.7 Å². The first-order valence-corrected chi connectivity index (χ1v) is 11.8. The molecule has 5 nitrogen and oxygen atoms in total. The Morgan fingerprint density at radius 3 is 2.39 bits per heavy atom. The summed E-state index contributed by atoms with van der Waals surface area (Å²) >= 11 is 0. The van der Waals surface area contributed by atoms with Gasteiger partial charge in [-0.25, -0.2) is 0 Å². The Hall–Kier alpha value is -2.18. The van der Waals surface area contributed by atoms with Crippen molar-refractivity contribution in [2.75, 3.05) is 20.3 Å². The normalized spacial score (nSPS) is 26.0. The SMILES string of the molecule is COc1ccc(CO[C@@H]2C/C(C)=C\[C@@H](C)[C@@H]([C@H](C)COCc3ccccc3)O[C@@H]2CO)cc1. The number of hydrogen-bond donors (Lipinski definition) is 1. The Balaban J connectivity index is 1.62. The first-order valence-electron chi connectivity index (χ1n) is 11.8. The average molecular weight is 455 g/mol. The molecule has 0 aliphatic carbocycles. The molecule has 33 heavy (non-hydrogen) atoms. The molecule has 1 aliphatic heterocycles. The third-order valence-corrected chi connectivity index (χ3v) is 6.19. The molecule has 1 heterocycles. The quantitative estimate of drug-likeness (QED) is 0.502. The molecule has 0 saturated heterocycles. The maximum absolute atomic E-state index is 10.2. The van der Waals surface area contributed by atoms with Crippen LogP contribution in [0.2, 0.25) is 0 Å². The van der Waals surface area contributed by atoms with Gasteiger partial charge in [0.05, 0.1) is 45.7 Å². The van der Waals surface area contributed by atoms with Crippen LogP contribution in [0.15, 0.2) is 66.2 Å². The van der Waals surface area contributed by atoms with Gasteiger partial charge < -0.3 is 24.1 Å². The van der Waals surface area contributed by atoms with E-state index >= 15 is 0 Å². The summed E-state index contributed by atoms with van der Waals surface area (Å²) in [5.41, 5.74) is 3.47. The average Bonchev–Trinajstić information content (AvgIpc) is 2.82. The standard InChI is InChI=1S/C28H38O5/c1-20-14-21(2)28(22(3)17-31-18-23-8-6-5-7-9-23)33-27(16-29)26(15-20)32-19-24-10-12-25(30-4)13-11-24/h5-14,21-22,26-29H,15-19H2,1-4H3/b20-14-/t21-,22-,26-,27-,28+/m1/s1. The molecule has 180 valence electrons. The van der Waals surface area contributed by atoms with Crippen LogP contribution < -0.4 is 4.74 Å². The van der Waals surface area contributed by atoms with Gasteiger partial charge in [0.15, 0.2) is 0 Å². The Bertz CT molecular complexity index is 848. The van der Waals surface area contributed by atoms with Crippen molar-refractivity contribution in [1.29, 1.82) is 0 Å². The summed E-state index contributed by atoms with van der Waals surface area (Å²) in [5, 5.41) is 10.2. The van der Waals surface area contributed by atoms with Crippen LogP contribution in [0, 0.1) is 11.8 Å². The van der Waals surface area contributed by atoms with E-state index in [1.54, 1.807) is 7.11 Å². The Morgan fingerprint density at radius 2 is 1.73 bits per heavy atom. The third-order valence-electron chi connectivity index (χ3n) is 6.19. The van der Waals surface area contributed by atoms with Crippen molar-refractivity contribution in [1.82, 2.24) is 0 Å². The number of hydrogen-bond acceptors (Lipinski definition) is 5. The van der Waals surface area contributed by atoms with Crippen molar-refractivity contribution in [2.24, 2.45) is 11.8 Å². The molecule has 0 bridgehead atoms. The summed E-state index contributed by atoms with van der Waals surface area (Å²) in [6.07, 6.45) is 2.32. The molecule has 0 fully saturated rings. The lowest BCUT2D eigenvalue weighted by Crippen LogP contribution is -2.44. The van der Waals surface area contributed by atoms with Crippen LogP contribution in [0.3, 0.4) is 0 Å². The monoisotopic (exact) mass is 454 g/mol. The number of ether oxygens (including phenoxy) is 4. The molecule has 1 N–H and O–H groups in total. The van der Waals surface area contributed by atoms with Crippen molar-refractivity contribution in [3.05, 3.63) is 77.4 Å². The second kappa shape index (κ2) is 12.9. The summed E-state index contributed by atoms with van der Waals surface area (Å²) in [4.78, 5) is 0. The Labute approximate surface area is 198 Å². The van der Waals surface area contributed by atoms with E-state index in [9.17, 15) is 5.11 Å². The van der Waals surface area contributed by atoms with E-state index in [0.717, 1.165) is 23.3 Å². The highest BCUT2D eigenvalue weighted by Gasteiger charge is 2.33. The predicted octanol–water partition coefficient (Wildman–Crippen LogP) is 5.17. The zero-order chi connectivity index (χ0) is 23.6. The highest BCUT2D eigenvalue weighted by molar-refractivity contribution is 5.26. The van der Waals surface area contributed by atoms with Gasteiger partial charge in [-0.3, -0.25) is 0 Å². The first-order chi connectivity index (χ1) is 16.0. The minimum Gasteiger partial charge on any atom is -0.497 e. The molecule has 0 unspecified atom stereocenters. The molecule has 5 heteroatoms. The summed E-state index contributed by atoms with van der Waals surface area (Å²) < 4.78 is 24.0. The summed E-state index contributed by atoms with van der Waals surface area (Å²) in [6, 6.07) is 18.0. The lowest BCUT2D eigenvalue weighted by molar-refractivity contribution is -0.151. The van der Waals surface area contributed by atoms with E-state index in [2.05, 4.69) is 39.0 Å². The lowest BCUT2D eigenvalue weighted by Gasteiger charge is -2.37. The summed E-state index contributed by atoms with van der Waals surface area (Å²) in [6.45, 7) is 8.00. The molecule has 2 aromatic carbocycles. The van der Waals surface area contributed by atoms with Crippen LogP contribution in [0.4, 0.5) is 0 Å². The molecule has 1 aliphatic rings. The fraction of sp³-hybridized carbons (Fsp3) is 0.500. The third kappa shape index (κ3) is 7.68. The van der Waals surface area contributed by atoms with Gasteiger partial charge in [0, 0.05) is 11.8 Å². The molecule has 0 saturated carbocycles. The van der Waals surface area contributed by atoms with E-state index in [0.29, 0.717) is 19.8 Å². The molecule has 0 aromatic heterocycles. The van der Waals surface area contributed by atoms with Gasteiger partial charge in [-0.2, -0.15) is 0 Å². The van der Waals surface area contributed by atoms with E-state index in [1.807, 2.05) is 42.5 Å². The minimum atomic E-state index is -0.393. The van der Waals surface area contributed by atoms with E-state index < -0.39 is 6.10 Å². The van der Waals surface area contributed by atoms with Crippen molar-refractivity contribution in [3.8, 4) is 5.75 Å². The maximum Gasteiger partial charge on any atom is 0.118 e. The van der Waals surface area contributed by atoms with Crippen molar-refractivity contribution < 1.29 is 24.1 Å². The second-order valence-corrected chi connectivity index (χ2v) is 9.07. The second-order valence-electron chi connectivity index (χ2n) is 9.07. The zero-order valence-electron chi connectivity index (χ0n) is 20.3. The molecule has 0 radical (unpaired) electrons. The van der Waals surface area contributed by atoms with Crippen molar-refractivity contribution in [3.63, 3.8) is 0 Å². The van der Waals surface area contributed by atoms with Gasteiger partial charge in [-0.05, 0) is 36.6 Å². The molecular weight excluding hydrogens is 416 g/mol. The number of aliphatic hydroxyl groups excluding tert-OH is 1. The fourth-order valence-corrected chi connectivity index (χ4v) is 4.41. The van der Waals surface area contributed by atoms with Crippen LogP contribution in [0.5, 0.6) is 5.75 Å². The van der Waals surface area contributed by atoms with Gasteiger partial charge >= 0.3 is 0 Å². The van der Waals surface area contributed by atoms with E-state index in [1.165, 1.54) is 5.57 Å². The van der Waals surface area contributed by atoms with Crippen LogP contribution in [0.25, 0.3) is 0 Å². The van der Waals surface area contributed by atoms with Crippen molar-refractivity contribution in [2.45, 2.75) is 58.7 Å². The predicted molar refractivity (Wildman–Crippen MR) is 130 cm³/mol. The van der Waals surface area contributed by atoms with Crippen LogP contribution in [-0.2, 0) is 27.4 Å². The Morgan fingerprint density at radius 1 is 1.03 bits per heavy atom. The molecule has 0 amide bonds. The number of benzene rings is 2. The smallest absolute Gasteiger partial charge is 0.118 e. The molecule has 0 spiro atoms. The van der Waals surface area contributed by atoms with Crippen molar-refractivity contribution >= 4 is 0 Å². The molecular formula is C28H38O5.